The number of benzene rings is 4. The molecule has 1 N–H and O–H groups in total. The van der Waals surface area contributed by atoms with Crippen molar-refractivity contribution in [3.05, 3.63) is 108 Å². The molecule has 5 nitrogen and oxygen atoms in total. The van der Waals surface area contributed by atoms with Gasteiger partial charge in [-0.2, -0.15) is 0 Å². The standard InChI is InChI=1S/C33H30N4OS/c1-22-10-15-29-30(20-22)39-33(35-29)23-11-13-24(14-12-23)34-31(38)21-36-16-18-37(19-17-36)32-27-8-4-2-6-25(27)26-7-3-5-9-28(26)32/h2-15,20,32H,16-19,21H2,1H3,(H,34,38). The summed E-state index contributed by atoms with van der Waals surface area (Å²) in [5.41, 5.74) is 9.65. The molecule has 1 aromatic heterocycles. The third-order valence-corrected chi connectivity index (χ3v) is 8.97. The summed E-state index contributed by atoms with van der Waals surface area (Å²) in [7, 11) is 0. The fourth-order valence-corrected chi connectivity index (χ4v) is 7.03. The topological polar surface area (TPSA) is 48.5 Å². The molecule has 6 heteroatoms. The molecule has 2 heterocycles. The van der Waals surface area contributed by atoms with E-state index in [4.69, 9.17) is 4.98 Å². The predicted octanol–water partition coefficient (Wildman–Crippen LogP) is 6.60. The number of rotatable bonds is 5. The third-order valence-electron chi connectivity index (χ3n) is 7.90. The van der Waals surface area contributed by atoms with Gasteiger partial charge in [-0.1, -0.05) is 54.6 Å². The van der Waals surface area contributed by atoms with Crippen molar-refractivity contribution in [3.8, 4) is 21.7 Å². The molecule has 1 amide bonds. The fraction of sp³-hybridized carbons (Fsp3) is 0.212. The van der Waals surface area contributed by atoms with Crippen molar-refractivity contribution in [1.82, 2.24) is 14.8 Å². The van der Waals surface area contributed by atoms with Gasteiger partial charge in [-0.05, 0) is 71.1 Å². The maximum Gasteiger partial charge on any atom is 0.238 e. The normalized spacial score (nSPS) is 15.8. The quantitative estimate of drug-likeness (QED) is 0.278. The molecule has 0 bridgehead atoms. The van der Waals surface area contributed by atoms with Crippen LogP contribution in [0.15, 0.2) is 91.0 Å². The number of carbonyl (C=O) groups excluding carboxylic acids is 1. The number of thiazole rings is 1. The van der Waals surface area contributed by atoms with Crippen LogP contribution in [-0.4, -0.2) is 53.4 Å². The maximum absolute atomic E-state index is 12.9. The molecule has 1 fully saturated rings. The molecular weight excluding hydrogens is 500 g/mol. The zero-order valence-corrected chi connectivity index (χ0v) is 22.7. The monoisotopic (exact) mass is 530 g/mol. The van der Waals surface area contributed by atoms with Gasteiger partial charge in [0, 0.05) is 37.4 Å². The van der Waals surface area contributed by atoms with E-state index in [0.717, 1.165) is 48.0 Å². The summed E-state index contributed by atoms with van der Waals surface area (Å²) in [5, 5.41) is 4.08. The Morgan fingerprint density at radius 1 is 0.872 bits per heavy atom. The number of anilines is 1. The Bertz CT molecular complexity index is 1620. The van der Waals surface area contributed by atoms with Crippen LogP contribution in [-0.2, 0) is 4.79 Å². The van der Waals surface area contributed by atoms with Crippen LogP contribution in [0, 0.1) is 6.92 Å². The number of aromatic nitrogens is 1. The van der Waals surface area contributed by atoms with Gasteiger partial charge >= 0.3 is 0 Å². The van der Waals surface area contributed by atoms with E-state index in [1.54, 1.807) is 11.3 Å². The Balaban J connectivity index is 0.964. The molecule has 1 aliphatic carbocycles. The molecule has 0 spiro atoms. The molecule has 5 aromatic rings. The number of nitrogens with zero attached hydrogens (tertiary/aromatic N) is 3. The number of aryl methyl sites for hydroxylation is 1. The van der Waals surface area contributed by atoms with E-state index in [-0.39, 0.29) is 5.91 Å². The molecule has 194 valence electrons. The first-order chi connectivity index (χ1) is 19.1. The third kappa shape index (κ3) is 4.65. The Morgan fingerprint density at radius 2 is 1.54 bits per heavy atom. The highest BCUT2D eigenvalue weighted by molar-refractivity contribution is 7.21. The number of hydrogen-bond donors (Lipinski definition) is 1. The van der Waals surface area contributed by atoms with E-state index in [9.17, 15) is 4.79 Å². The molecule has 1 aliphatic heterocycles. The second-order valence-corrected chi connectivity index (χ2v) is 11.5. The zero-order chi connectivity index (χ0) is 26.3. The van der Waals surface area contributed by atoms with E-state index < -0.39 is 0 Å². The van der Waals surface area contributed by atoms with Crippen LogP contribution in [0.5, 0.6) is 0 Å². The van der Waals surface area contributed by atoms with Crippen molar-refractivity contribution in [2.24, 2.45) is 0 Å². The van der Waals surface area contributed by atoms with Gasteiger partial charge in [0.25, 0.3) is 0 Å². The van der Waals surface area contributed by atoms with Gasteiger partial charge in [-0.15, -0.1) is 11.3 Å². The first-order valence-corrected chi connectivity index (χ1v) is 14.4. The summed E-state index contributed by atoms with van der Waals surface area (Å²) in [6.45, 7) is 6.15. The van der Waals surface area contributed by atoms with Crippen LogP contribution >= 0.6 is 11.3 Å². The number of fused-ring (bicyclic) bond motifs is 4. The Morgan fingerprint density at radius 3 is 2.23 bits per heavy atom. The summed E-state index contributed by atoms with van der Waals surface area (Å²) in [4.78, 5) is 22.5. The molecule has 2 aliphatic rings. The van der Waals surface area contributed by atoms with Crippen LogP contribution in [0.1, 0.15) is 22.7 Å². The van der Waals surface area contributed by atoms with Gasteiger partial charge in [0.15, 0.2) is 0 Å². The average Bonchev–Trinajstić information content (AvgIpc) is 3.53. The van der Waals surface area contributed by atoms with Crippen molar-refractivity contribution >= 4 is 33.1 Å². The summed E-state index contributed by atoms with van der Waals surface area (Å²) in [6, 6.07) is 32.2. The smallest absolute Gasteiger partial charge is 0.238 e. The van der Waals surface area contributed by atoms with Gasteiger partial charge in [0.05, 0.1) is 22.8 Å². The minimum atomic E-state index is 0.0308. The first kappa shape index (κ1) is 24.2. The lowest BCUT2D eigenvalue weighted by molar-refractivity contribution is -0.117. The van der Waals surface area contributed by atoms with Crippen molar-refractivity contribution in [2.75, 3.05) is 38.0 Å². The lowest BCUT2D eigenvalue weighted by atomic mass is 10.0. The molecule has 4 aromatic carbocycles. The number of piperazine rings is 1. The van der Waals surface area contributed by atoms with Crippen molar-refractivity contribution in [3.63, 3.8) is 0 Å². The van der Waals surface area contributed by atoms with Crippen molar-refractivity contribution < 1.29 is 4.79 Å². The minimum absolute atomic E-state index is 0.0308. The van der Waals surface area contributed by atoms with E-state index in [0.29, 0.717) is 12.6 Å². The van der Waals surface area contributed by atoms with Gasteiger partial charge < -0.3 is 5.32 Å². The Hall–Kier alpha value is -3.84. The number of hydrogen-bond acceptors (Lipinski definition) is 5. The second kappa shape index (κ2) is 10.0. The van der Waals surface area contributed by atoms with Crippen LogP contribution in [0.25, 0.3) is 31.9 Å². The van der Waals surface area contributed by atoms with Crippen LogP contribution in [0.2, 0.25) is 0 Å². The lowest BCUT2D eigenvalue weighted by Crippen LogP contribution is -2.49. The van der Waals surface area contributed by atoms with E-state index in [1.165, 1.54) is 32.5 Å². The largest absolute Gasteiger partial charge is 0.325 e. The number of nitrogens with one attached hydrogen (secondary N) is 1. The predicted molar refractivity (Wildman–Crippen MR) is 160 cm³/mol. The maximum atomic E-state index is 12.9. The highest BCUT2D eigenvalue weighted by Gasteiger charge is 2.34. The van der Waals surface area contributed by atoms with Crippen LogP contribution in [0.3, 0.4) is 0 Å². The molecule has 7 rings (SSSR count). The SMILES string of the molecule is Cc1ccc2nc(-c3ccc(NC(=O)CN4CCN(C5c6ccccc6-c6ccccc65)CC4)cc3)sc2c1. The number of carbonyl (C=O) groups is 1. The summed E-state index contributed by atoms with van der Waals surface area (Å²) in [6.07, 6.45) is 0. The highest BCUT2D eigenvalue weighted by Crippen LogP contribution is 2.46. The van der Waals surface area contributed by atoms with E-state index in [1.807, 2.05) is 24.3 Å². The lowest BCUT2D eigenvalue weighted by Gasteiger charge is -2.38. The minimum Gasteiger partial charge on any atom is -0.325 e. The Kier molecular flexibility index (Phi) is 6.24. The van der Waals surface area contributed by atoms with Crippen molar-refractivity contribution in [2.45, 2.75) is 13.0 Å². The van der Waals surface area contributed by atoms with Gasteiger partial charge in [-0.3, -0.25) is 14.6 Å². The van der Waals surface area contributed by atoms with Crippen LogP contribution < -0.4 is 5.32 Å². The molecular formula is C33H30N4OS. The zero-order valence-electron chi connectivity index (χ0n) is 21.9. The second-order valence-electron chi connectivity index (χ2n) is 10.5. The van der Waals surface area contributed by atoms with E-state index >= 15 is 0 Å². The molecule has 0 atom stereocenters. The summed E-state index contributed by atoms with van der Waals surface area (Å²) in [5.74, 6) is 0.0308. The summed E-state index contributed by atoms with van der Waals surface area (Å²) < 4.78 is 1.20. The molecule has 0 unspecified atom stereocenters. The fourth-order valence-electron chi connectivity index (χ4n) is 5.96. The van der Waals surface area contributed by atoms with Crippen LogP contribution in [0.4, 0.5) is 5.69 Å². The van der Waals surface area contributed by atoms with Crippen molar-refractivity contribution in [1.29, 1.82) is 0 Å². The van der Waals surface area contributed by atoms with Gasteiger partial charge in [-0.25, -0.2) is 4.98 Å². The van der Waals surface area contributed by atoms with Gasteiger partial charge in [0.2, 0.25) is 5.91 Å². The summed E-state index contributed by atoms with van der Waals surface area (Å²) >= 11 is 1.70. The molecule has 39 heavy (non-hydrogen) atoms. The first-order valence-electron chi connectivity index (χ1n) is 13.5. The van der Waals surface area contributed by atoms with E-state index in [2.05, 4.69) is 88.8 Å². The highest BCUT2D eigenvalue weighted by atomic mass is 32.1. The molecule has 1 saturated heterocycles. The molecule has 0 saturated carbocycles. The average molecular weight is 531 g/mol. The number of amides is 1. The van der Waals surface area contributed by atoms with Gasteiger partial charge in [0.1, 0.15) is 5.01 Å². The molecule has 0 radical (unpaired) electrons. The Labute approximate surface area is 232 Å².